The lowest BCUT2D eigenvalue weighted by Crippen LogP contribution is -2.45. The summed E-state index contributed by atoms with van der Waals surface area (Å²) in [6.45, 7) is -0.522. The number of anilines is 1. The Balaban J connectivity index is 2.20. The number of nitrogens with zero attached hydrogens (tertiary/aromatic N) is 3. The summed E-state index contributed by atoms with van der Waals surface area (Å²) in [6.07, 6.45) is -2.44. The van der Waals surface area contributed by atoms with Crippen LogP contribution >= 0.6 is 23.8 Å². The van der Waals surface area contributed by atoms with E-state index in [0.29, 0.717) is 5.52 Å². The van der Waals surface area contributed by atoms with Crippen LogP contribution in [0.1, 0.15) is 6.23 Å². The minimum atomic E-state index is -2.07. The van der Waals surface area contributed by atoms with E-state index in [4.69, 9.17) is 34.3 Å². The van der Waals surface area contributed by atoms with Crippen LogP contribution in [0.25, 0.3) is 11.2 Å². The van der Waals surface area contributed by atoms with Crippen molar-refractivity contribution >= 4 is 40.9 Å². The summed E-state index contributed by atoms with van der Waals surface area (Å²) in [5.74, 6) is 2.36. The molecule has 1 fully saturated rings. The quantitative estimate of drug-likeness (QED) is 0.349. The van der Waals surface area contributed by atoms with E-state index in [0.717, 1.165) is 0 Å². The lowest BCUT2D eigenvalue weighted by Gasteiger charge is -2.26. The second-order valence-corrected chi connectivity index (χ2v) is 5.57. The zero-order valence-corrected chi connectivity index (χ0v) is 13.0. The first kappa shape index (κ1) is 16.1. The molecule has 122 valence electrons. The van der Waals surface area contributed by atoms with Gasteiger partial charge in [0.05, 0.1) is 12.9 Å². The number of aliphatic hydroxyl groups excluding tert-OH is 2. The van der Waals surface area contributed by atoms with E-state index in [2.05, 4.69) is 20.9 Å². The van der Waals surface area contributed by atoms with E-state index in [1.165, 1.54) is 10.9 Å². The topological polar surface area (TPSA) is 142 Å². The third-order valence-corrected chi connectivity index (χ3v) is 4.00. The molecule has 0 spiro atoms. The fourth-order valence-electron chi connectivity index (χ4n) is 2.52. The fourth-order valence-corrected chi connectivity index (χ4v) is 2.92. The molecule has 0 radical (unpaired) electrons. The highest BCUT2D eigenvalue weighted by Crippen LogP contribution is 2.39. The van der Waals surface area contributed by atoms with Crippen molar-refractivity contribution in [2.75, 3.05) is 12.3 Å². The van der Waals surface area contributed by atoms with Crippen LogP contribution < -0.4 is 5.73 Å². The van der Waals surface area contributed by atoms with E-state index >= 15 is 0 Å². The van der Waals surface area contributed by atoms with Gasteiger partial charge < -0.3 is 30.8 Å². The number of hydrogen-bond donors (Lipinski definition) is 5. The maximum atomic E-state index is 10.7. The predicted octanol–water partition coefficient (Wildman–Crippen LogP) is -0.748. The van der Waals surface area contributed by atoms with Gasteiger partial charge in [0.25, 0.3) is 0 Å². The summed E-state index contributed by atoms with van der Waals surface area (Å²) in [5, 5.41) is 32.2. The average Bonchev–Trinajstić information content (AvgIpc) is 3.01. The molecule has 23 heavy (non-hydrogen) atoms. The van der Waals surface area contributed by atoms with Gasteiger partial charge in [0.2, 0.25) is 11.5 Å². The molecule has 3 heterocycles. The normalized spacial score (nSPS) is 30.3. The number of aromatic nitrogens is 4. The monoisotopic (exact) mass is 357 g/mol. The number of fused-ring (bicyclic) bond motifs is 1. The van der Waals surface area contributed by atoms with Gasteiger partial charge in [-0.25, -0.2) is 4.98 Å². The molecule has 2 aromatic rings. The van der Waals surface area contributed by atoms with Gasteiger partial charge in [-0.1, -0.05) is 12.2 Å². The smallest absolute Gasteiger partial charge is 0.200 e. The van der Waals surface area contributed by atoms with Gasteiger partial charge in [0, 0.05) is 5.38 Å². The first-order chi connectivity index (χ1) is 10.9. The van der Waals surface area contributed by atoms with E-state index in [9.17, 15) is 15.3 Å². The number of aliphatic hydroxyl groups is 3. The van der Waals surface area contributed by atoms with Gasteiger partial charge in [-0.2, -0.15) is 4.98 Å². The Morgan fingerprint density at radius 1 is 1.61 bits per heavy atom. The highest BCUT2D eigenvalue weighted by Gasteiger charge is 2.56. The zero-order valence-electron chi connectivity index (χ0n) is 11.5. The Kier molecular flexibility index (Phi) is 4.01. The molecule has 0 bridgehead atoms. The molecule has 1 aliphatic rings. The summed E-state index contributed by atoms with van der Waals surface area (Å²) < 4.78 is 7.10. The van der Waals surface area contributed by atoms with E-state index in [1.807, 2.05) is 5.38 Å². The number of hydrogen-bond acceptors (Lipinski definition) is 8. The molecule has 6 N–H and O–H groups in total. The molecule has 11 heteroatoms. The van der Waals surface area contributed by atoms with Gasteiger partial charge >= 0.3 is 0 Å². The zero-order chi connectivity index (χ0) is 16.8. The first-order valence-electron chi connectivity index (χ1n) is 6.44. The Hall–Kier alpha value is -1.74. The molecule has 9 nitrogen and oxygen atoms in total. The van der Waals surface area contributed by atoms with Gasteiger partial charge in [0.15, 0.2) is 11.9 Å². The van der Waals surface area contributed by atoms with Crippen molar-refractivity contribution < 1.29 is 20.1 Å². The summed E-state index contributed by atoms with van der Waals surface area (Å²) in [5.41, 5.74) is 4.14. The average molecular weight is 358 g/mol. The highest BCUT2D eigenvalue weighted by atomic mass is 35.5. The lowest BCUT2D eigenvalue weighted by molar-refractivity contribution is -0.0721. The fraction of sp³-hybridized carbons (Fsp3) is 0.417. The SMILES string of the molecule is Nc1nc2c(ncn2[C@@H]2O[C@H](CO)[C@H](O)C2(O)C#CCl)c(=S)[nH]1. The van der Waals surface area contributed by atoms with Crippen LogP contribution in [-0.4, -0.2) is 59.3 Å². The van der Waals surface area contributed by atoms with E-state index < -0.39 is 30.6 Å². The van der Waals surface area contributed by atoms with Crippen LogP contribution in [0.4, 0.5) is 5.95 Å². The number of halogens is 1. The van der Waals surface area contributed by atoms with Gasteiger partial charge in [-0.05, 0) is 17.5 Å². The standard InChI is InChI=1S/C12H12ClN5O4S/c13-2-1-12(21)7(20)5(3-19)22-10(12)18-4-15-6-8(18)16-11(14)17-9(6)23/h4-5,7,10,19-21H,3H2,(H3,14,16,17,23)/t5-,7+,10-,12?/m1/s1. The number of nitrogen functional groups attached to an aromatic ring is 1. The van der Waals surface area contributed by atoms with Crippen LogP contribution in [0, 0.1) is 15.9 Å². The lowest BCUT2D eigenvalue weighted by atomic mass is 9.95. The van der Waals surface area contributed by atoms with Gasteiger partial charge in [-0.3, -0.25) is 4.57 Å². The predicted molar refractivity (Wildman–Crippen MR) is 82.7 cm³/mol. The number of rotatable bonds is 2. The molecule has 3 rings (SSSR count). The number of nitrogens with two attached hydrogens (primary N) is 1. The molecule has 1 unspecified atom stereocenters. The number of ether oxygens (including phenoxy) is 1. The Bertz CT molecular complexity index is 874. The van der Waals surface area contributed by atoms with Gasteiger partial charge in [0.1, 0.15) is 22.4 Å². The summed E-state index contributed by atoms with van der Waals surface area (Å²) in [6, 6.07) is 0. The van der Waals surface area contributed by atoms with Crippen molar-refractivity contribution in [3.63, 3.8) is 0 Å². The van der Waals surface area contributed by atoms with Crippen molar-refractivity contribution in [1.82, 2.24) is 19.5 Å². The number of imidazole rings is 1. The second-order valence-electron chi connectivity index (χ2n) is 4.97. The maximum absolute atomic E-state index is 10.7. The van der Waals surface area contributed by atoms with Crippen LogP contribution in [0.2, 0.25) is 0 Å². The molecular weight excluding hydrogens is 346 g/mol. The Morgan fingerprint density at radius 2 is 2.35 bits per heavy atom. The highest BCUT2D eigenvalue weighted by molar-refractivity contribution is 7.71. The summed E-state index contributed by atoms with van der Waals surface area (Å²) in [7, 11) is 0. The first-order valence-corrected chi connectivity index (χ1v) is 7.23. The van der Waals surface area contributed by atoms with Crippen molar-refractivity contribution in [2.45, 2.75) is 24.0 Å². The molecule has 1 saturated heterocycles. The Labute approximate surface area is 139 Å². The molecule has 1 aliphatic heterocycles. The molecule has 0 saturated carbocycles. The third kappa shape index (κ3) is 2.38. The van der Waals surface area contributed by atoms with Crippen molar-refractivity contribution in [1.29, 1.82) is 0 Å². The Morgan fingerprint density at radius 3 is 3.00 bits per heavy atom. The second kappa shape index (κ2) is 5.72. The molecule has 0 aromatic carbocycles. The molecular formula is C12H12ClN5O4S. The minimum Gasteiger partial charge on any atom is -0.394 e. The number of aromatic amines is 1. The van der Waals surface area contributed by atoms with Crippen molar-refractivity contribution in [3.05, 3.63) is 11.0 Å². The molecule has 0 amide bonds. The summed E-state index contributed by atoms with van der Waals surface area (Å²) in [4.78, 5) is 10.8. The number of nitrogens with one attached hydrogen (secondary N) is 1. The molecule has 0 aliphatic carbocycles. The molecule has 4 atom stereocenters. The minimum absolute atomic E-state index is 0.0495. The van der Waals surface area contributed by atoms with E-state index in [-0.39, 0.29) is 16.2 Å². The van der Waals surface area contributed by atoms with Crippen LogP contribution in [-0.2, 0) is 4.74 Å². The van der Waals surface area contributed by atoms with Crippen LogP contribution in [0.3, 0.4) is 0 Å². The van der Waals surface area contributed by atoms with Gasteiger partial charge in [-0.15, -0.1) is 0 Å². The largest absolute Gasteiger partial charge is 0.394 e. The van der Waals surface area contributed by atoms with Crippen molar-refractivity contribution in [3.8, 4) is 11.3 Å². The van der Waals surface area contributed by atoms with Crippen molar-refractivity contribution in [2.24, 2.45) is 0 Å². The number of H-pyrrole nitrogens is 1. The third-order valence-electron chi connectivity index (χ3n) is 3.61. The van der Waals surface area contributed by atoms with Crippen LogP contribution in [0.5, 0.6) is 0 Å². The summed E-state index contributed by atoms with van der Waals surface area (Å²) >= 11 is 10.5. The van der Waals surface area contributed by atoms with E-state index in [1.54, 1.807) is 0 Å². The maximum Gasteiger partial charge on any atom is 0.200 e. The molecule has 2 aromatic heterocycles. The van der Waals surface area contributed by atoms with Crippen LogP contribution in [0.15, 0.2) is 6.33 Å².